The highest BCUT2D eigenvalue weighted by molar-refractivity contribution is 7.87. The van der Waals surface area contributed by atoms with Crippen LogP contribution in [-0.2, 0) is 10.8 Å². The number of benzene rings is 1. The Balaban J connectivity index is 1.95. The fraction of sp³-hybridized carbons (Fsp3) is 0.200. The van der Waals surface area contributed by atoms with E-state index >= 15 is 0 Å². The molecule has 0 bridgehead atoms. The van der Waals surface area contributed by atoms with Gasteiger partial charge in [-0.1, -0.05) is 43.7 Å². The predicted octanol–water partition coefficient (Wildman–Crippen LogP) is 5.11. The molecular formula is C20H19N3O2S2. The number of anilines is 1. The lowest BCUT2D eigenvalue weighted by Crippen LogP contribution is -1.99. The lowest BCUT2D eigenvalue weighted by molar-refractivity contribution is 0.558. The molecule has 4 aromatic rings. The Morgan fingerprint density at radius 3 is 2.74 bits per heavy atom. The van der Waals surface area contributed by atoms with Gasteiger partial charge in [0.15, 0.2) is 6.39 Å². The highest BCUT2D eigenvalue weighted by atomic mass is 32.2. The van der Waals surface area contributed by atoms with E-state index in [0.717, 1.165) is 34.2 Å². The Kier molecular flexibility index (Phi) is 5.05. The van der Waals surface area contributed by atoms with Gasteiger partial charge in [0.1, 0.15) is 21.0 Å². The molecule has 2 N–H and O–H groups in total. The molecule has 1 aromatic carbocycles. The minimum Gasteiger partial charge on any atom is -0.451 e. The average molecular weight is 398 g/mol. The molecule has 3 aromatic heterocycles. The van der Waals surface area contributed by atoms with Gasteiger partial charge >= 0.3 is 0 Å². The number of unbranched alkanes of at least 4 members (excludes halogenated alkanes) is 1. The number of rotatable bonds is 6. The molecule has 138 valence electrons. The Labute approximate surface area is 163 Å². The summed E-state index contributed by atoms with van der Waals surface area (Å²) in [5, 5.41) is 0.860. The third-order valence-electron chi connectivity index (χ3n) is 4.33. The van der Waals surface area contributed by atoms with Crippen LogP contribution in [0.15, 0.2) is 57.7 Å². The van der Waals surface area contributed by atoms with Crippen molar-refractivity contribution < 1.29 is 8.63 Å². The number of aromatic nitrogens is 2. The largest absolute Gasteiger partial charge is 0.451 e. The van der Waals surface area contributed by atoms with Crippen LogP contribution in [0.3, 0.4) is 0 Å². The minimum absolute atomic E-state index is 0.572. The van der Waals surface area contributed by atoms with Crippen molar-refractivity contribution in [1.82, 2.24) is 9.97 Å². The lowest BCUT2D eigenvalue weighted by atomic mass is 10.0. The average Bonchev–Trinajstić information content (AvgIpc) is 3.35. The van der Waals surface area contributed by atoms with Crippen LogP contribution in [-0.4, -0.2) is 19.9 Å². The SMILES string of the molecule is CCCCS(=O)c1sc2nc(-c3cocn3)cc(-c3ccccc3)c2c1N. The zero-order chi connectivity index (χ0) is 18.8. The molecule has 0 fully saturated rings. The Hall–Kier alpha value is -2.51. The number of fused-ring (bicyclic) bond motifs is 1. The maximum Gasteiger partial charge on any atom is 0.181 e. The molecule has 0 saturated heterocycles. The monoisotopic (exact) mass is 397 g/mol. The molecule has 0 amide bonds. The van der Waals surface area contributed by atoms with Gasteiger partial charge in [-0.3, -0.25) is 4.21 Å². The third-order valence-corrected chi connectivity index (χ3v) is 7.33. The molecule has 0 radical (unpaired) electrons. The second kappa shape index (κ2) is 7.62. The predicted molar refractivity (Wildman–Crippen MR) is 111 cm³/mol. The van der Waals surface area contributed by atoms with Gasteiger partial charge in [0, 0.05) is 11.1 Å². The van der Waals surface area contributed by atoms with E-state index < -0.39 is 10.8 Å². The molecule has 0 saturated carbocycles. The summed E-state index contributed by atoms with van der Waals surface area (Å²) in [7, 11) is -1.12. The van der Waals surface area contributed by atoms with Crippen molar-refractivity contribution >= 4 is 38.0 Å². The molecule has 4 rings (SSSR count). The number of oxazole rings is 1. The second-order valence-electron chi connectivity index (χ2n) is 6.18. The van der Waals surface area contributed by atoms with E-state index in [-0.39, 0.29) is 0 Å². The van der Waals surface area contributed by atoms with Crippen LogP contribution >= 0.6 is 11.3 Å². The highest BCUT2D eigenvalue weighted by Crippen LogP contribution is 2.42. The van der Waals surface area contributed by atoms with Gasteiger partial charge in [-0.2, -0.15) is 0 Å². The number of nitrogen functional groups attached to an aromatic ring is 1. The third kappa shape index (κ3) is 3.40. The summed E-state index contributed by atoms with van der Waals surface area (Å²) in [4.78, 5) is 9.72. The van der Waals surface area contributed by atoms with E-state index in [4.69, 9.17) is 15.1 Å². The van der Waals surface area contributed by atoms with Gasteiger partial charge in [0.2, 0.25) is 0 Å². The molecule has 0 aliphatic rings. The maximum atomic E-state index is 12.7. The molecule has 0 aliphatic carbocycles. The van der Waals surface area contributed by atoms with Crippen LogP contribution in [0.5, 0.6) is 0 Å². The van der Waals surface area contributed by atoms with Crippen molar-refractivity contribution in [2.24, 2.45) is 0 Å². The fourth-order valence-electron chi connectivity index (χ4n) is 2.95. The molecule has 0 aliphatic heterocycles. The van der Waals surface area contributed by atoms with Crippen molar-refractivity contribution in [2.75, 3.05) is 11.5 Å². The molecule has 3 heterocycles. The molecule has 27 heavy (non-hydrogen) atoms. The second-order valence-corrected chi connectivity index (χ2v) is 8.95. The van der Waals surface area contributed by atoms with E-state index in [0.29, 0.717) is 27.0 Å². The number of thiophene rings is 1. The summed E-state index contributed by atoms with van der Waals surface area (Å²) in [6.45, 7) is 2.09. The first kappa shape index (κ1) is 17.9. The Morgan fingerprint density at radius 1 is 1.22 bits per heavy atom. The van der Waals surface area contributed by atoms with Gasteiger partial charge in [-0.15, -0.1) is 11.3 Å². The zero-order valence-corrected chi connectivity index (χ0v) is 16.5. The standard InChI is InChI=1S/C20H19N3O2S2/c1-2-3-9-27(24)20-18(21)17-14(13-7-5-4-6-8-13)10-15(23-19(17)26-20)16-11-25-12-22-16/h4-8,10-12H,2-3,9,21H2,1H3. The van der Waals surface area contributed by atoms with E-state index in [9.17, 15) is 4.21 Å². The molecule has 1 unspecified atom stereocenters. The zero-order valence-electron chi connectivity index (χ0n) is 14.8. The van der Waals surface area contributed by atoms with Crippen LogP contribution in [0.25, 0.3) is 32.7 Å². The first-order valence-electron chi connectivity index (χ1n) is 8.74. The minimum atomic E-state index is -1.12. The van der Waals surface area contributed by atoms with Gasteiger partial charge in [0.25, 0.3) is 0 Å². The van der Waals surface area contributed by atoms with E-state index in [1.54, 1.807) is 6.26 Å². The van der Waals surface area contributed by atoms with Crippen molar-refractivity contribution in [1.29, 1.82) is 0 Å². The van der Waals surface area contributed by atoms with Crippen molar-refractivity contribution in [3.8, 4) is 22.5 Å². The van der Waals surface area contributed by atoms with E-state index in [1.165, 1.54) is 17.7 Å². The number of nitrogens with zero attached hydrogens (tertiary/aromatic N) is 2. The molecule has 5 nitrogen and oxygen atoms in total. The summed E-state index contributed by atoms with van der Waals surface area (Å²) >= 11 is 1.41. The van der Waals surface area contributed by atoms with Crippen LogP contribution in [0, 0.1) is 0 Å². The van der Waals surface area contributed by atoms with Gasteiger partial charge in [0.05, 0.1) is 22.2 Å². The van der Waals surface area contributed by atoms with Crippen molar-refractivity contribution in [3.05, 3.63) is 49.1 Å². The van der Waals surface area contributed by atoms with Gasteiger partial charge < -0.3 is 10.2 Å². The molecule has 7 heteroatoms. The number of pyridine rings is 1. The molecule has 1 atom stereocenters. The lowest BCUT2D eigenvalue weighted by Gasteiger charge is -2.07. The Bertz CT molecular complexity index is 1090. The smallest absolute Gasteiger partial charge is 0.181 e. The summed E-state index contributed by atoms with van der Waals surface area (Å²) in [5.74, 6) is 0.615. The van der Waals surface area contributed by atoms with E-state index in [1.807, 2.05) is 36.4 Å². The molecular weight excluding hydrogens is 378 g/mol. The van der Waals surface area contributed by atoms with Crippen LogP contribution in [0.4, 0.5) is 5.69 Å². The summed E-state index contributed by atoms with van der Waals surface area (Å²) in [6, 6.07) is 12.0. The summed E-state index contributed by atoms with van der Waals surface area (Å²) in [5.41, 5.74) is 10.4. The topological polar surface area (TPSA) is 82.0 Å². The summed E-state index contributed by atoms with van der Waals surface area (Å²) < 4.78 is 18.6. The quantitative estimate of drug-likeness (QED) is 0.489. The number of nitrogens with two attached hydrogens (primary N) is 1. The first-order chi connectivity index (χ1) is 13.2. The van der Waals surface area contributed by atoms with E-state index in [2.05, 4.69) is 11.9 Å². The maximum absolute atomic E-state index is 12.7. The van der Waals surface area contributed by atoms with Crippen LogP contribution in [0.1, 0.15) is 19.8 Å². The van der Waals surface area contributed by atoms with Crippen LogP contribution < -0.4 is 5.73 Å². The number of hydrogen-bond acceptors (Lipinski definition) is 6. The van der Waals surface area contributed by atoms with Crippen LogP contribution in [0.2, 0.25) is 0 Å². The Morgan fingerprint density at radius 2 is 2.04 bits per heavy atom. The summed E-state index contributed by atoms with van der Waals surface area (Å²) in [6.07, 6.45) is 4.86. The van der Waals surface area contributed by atoms with Crippen molar-refractivity contribution in [3.63, 3.8) is 0 Å². The van der Waals surface area contributed by atoms with Gasteiger partial charge in [-0.05, 0) is 23.6 Å². The highest BCUT2D eigenvalue weighted by Gasteiger charge is 2.21. The van der Waals surface area contributed by atoms with Gasteiger partial charge in [-0.25, -0.2) is 9.97 Å². The normalized spacial score (nSPS) is 12.5. The fourth-order valence-corrected chi connectivity index (χ4v) is 5.75. The molecule has 0 spiro atoms. The van der Waals surface area contributed by atoms with Crippen molar-refractivity contribution in [2.45, 2.75) is 24.0 Å². The first-order valence-corrected chi connectivity index (χ1v) is 10.9. The number of hydrogen-bond donors (Lipinski definition) is 1.